The van der Waals surface area contributed by atoms with E-state index in [0.29, 0.717) is 6.61 Å². The molecule has 0 saturated carbocycles. The molecule has 0 aliphatic carbocycles. The van der Waals surface area contributed by atoms with Gasteiger partial charge in [0.2, 0.25) is 0 Å². The lowest BCUT2D eigenvalue weighted by Gasteiger charge is -2.20. The van der Waals surface area contributed by atoms with Crippen molar-refractivity contribution in [3.63, 3.8) is 0 Å². The first-order chi connectivity index (χ1) is 9.46. The zero-order chi connectivity index (χ0) is 14.6. The van der Waals surface area contributed by atoms with Gasteiger partial charge in [0.05, 0.1) is 19.8 Å². The molecule has 0 fully saturated rings. The lowest BCUT2D eigenvalue weighted by Crippen LogP contribution is -2.38. The predicted octanol–water partition coefficient (Wildman–Crippen LogP) is 3.22. The Hall–Kier alpha value is -0.770. The smallest absolute Gasteiger partial charge is 0.125 e. The van der Waals surface area contributed by atoms with Crippen molar-refractivity contribution in [2.24, 2.45) is 0 Å². The Labute approximate surface area is 126 Å². The molecule has 2 rings (SSSR count). The number of rotatable bonds is 6. The Morgan fingerprint density at radius 1 is 1.30 bits per heavy atom. The van der Waals surface area contributed by atoms with Crippen molar-refractivity contribution in [3.05, 3.63) is 28.3 Å². The van der Waals surface area contributed by atoms with Crippen LogP contribution in [0.4, 0.5) is 0 Å². The summed E-state index contributed by atoms with van der Waals surface area (Å²) in [6.45, 7) is 9.51. The first kappa shape index (κ1) is 15.6. The Morgan fingerprint density at radius 3 is 2.85 bits per heavy atom. The minimum atomic E-state index is 0.144. The molecule has 1 aromatic carbocycles. The summed E-state index contributed by atoms with van der Waals surface area (Å²) < 4.78 is 11.4. The maximum absolute atomic E-state index is 6.13. The molecule has 0 atom stereocenters. The Kier molecular flexibility index (Phi) is 5.30. The normalized spacial score (nSPS) is 14.2. The van der Waals surface area contributed by atoms with Gasteiger partial charge in [-0.3, -0.25) is 0 Å². The quantitative estimate of drug-likeness (QED) is 0.818. The van der Waals surface area contributed by atoms with Gasteiger partial charge in [-0.2, -0.15) is 0 Å². The van der Waals surface area contributed by atoms with Crippen molar-refractivity contribution in [1.82, 2.24) is 5.32 Å². The van der Waals surface area contributed by atoms with Gasteiger partial charge >= 0.3 is 0 Å². The molecule has 3 nitrogen and oxygen atoms in total. The van der Waals surface area contributed by atoms with Crippen LogP contribution < -0.4 is 10.1 Å². The van der Waals surface area contributed by atoms with Crippen LogP contribution in [0.15, 0.2) is 12.1 Å². The van der Waals surface area contributed by atoms with Gasteiger partial charge in [0.1, 0.15) is 5.75 Å². The highest BCUT2D eigenvalue weighted by Crippen LogP contribution is 2.33. The van der Waals surface area contributed by atoms with E-state index in [9.17, 15) is 0 Å². The SMILES string of the molecule is CC(C)(C)NCCOCCc1cc(Cl)cc2c1OCC2. The molecule has 4 heteroatoms. The van der Waals surface area contributed by atoms with Crippen LogP contribution in [0.1, 0.15) is 31.9 Å². The minimum Gasteiger partial charge on any atom is -0.493 e. The summed E-state index contributed by atoms with van der Waals surface area (Å²) in [5, 5.41) is 4.19. The molecule has 0 amide bonds. The molecular formula is C16H24ClNO2. The molecule has 0 saturated heterocycles. The molecule has 0 unspecified atom stereocenters. The molecule has 1 N–H and O–H groups in total. The molecule has 1 heterocycles. The van der Waals surface area contributed by atoms with E-state index in [-0.39, 0.29) is 5.54 Å². The summed E-state index contributed by atoms with van der Waals surface area (Å²) in [6.07, 6.45) is 1.80. The lowest BCUT2D eigenvalue weighted by atomic mass is 10.1. The largest absolute Gasteiger partial charge is 0.493 e. The van der Waals surface area contributed by atoms with Gasteiger partial charge in [-0.1, -0.05) is 11.6 Å². The Morgan fingerprint density at radius 2 is 2.10 bits per heavy atom. The highest BCUT2D eigenvalue weighted by Gasteiger charge is 2.17. The summed E-state index contributed by atoms with van der Waals surface area (Å²) >= 11 is 6.13. The Balaban J connectivity index is 1.75. The van der Waals surface area contributed by atoms with Crippen LogP contribution in [0.25, 0.3) is 0 Å². The molecular weight excluding hydrogens is 274 g/mol. The molecule has 1 aliphatic rings. The summed E-state index contributed by atoms with van der Waals surface area (Å²) in [4.78, 5) is 0. The van der Waals surface area contributed by atoms with E-state index in [2.05, 4.69) is 26.1 Å². The minimum absolute atomic E-state index is 0.144. The zero-order valence-electron chi connectivity index (χ0n) is 12.6. The number of fused-ring (bicyclic) bond motifs is 1. The standard InChI is InChI=1S/C16H24ClNO2/c1-16(2,3)18-6-9-19-7-4-12-10-14(17)11-13-5-8-20-15(12)13/h10-11,18H,4-9H2,1-3H3. The van der Waals surface area contributed by atoms with E-state index in [4.69, 9.17) is 21.1 Å². The highest BCUT2D eigenvalue weighted by molar-refractivity contribution is 6.30. The average molecular weight is 298 g/mol. The highest BCUT2D eigenvalue weighted by atomic mass is 35.5. The third kappa shape index (κ3) is 4.65. The van der Waals surface area contributed by atoms with Crippen molar-refractivity contribution in [1.29, 1.82) is 0 Å². The van der Waals surface area contributed by atoms with E-state index in [1.54, 1.807) is 0 Å². The molecule has 0 aromatic heterocycles. The predicted molar refractivity (Wildman–Crippen MR) is 82.9 cm³/mol. The third-order valence-corrected chi connectivity index (χ3v) is 3.46. The first-order valence-electron chi connectivity index (χ1n) is 7.22. The van der Waals surface area contributed by atoms with Gasteiger partial charge in [-0.15, -0.1) is 0 Å². The van der Waals surface area contributed by atoms with Crippen LogP contribution in [0.5, 0.6) is 5.75 Å². The molecule has 0 bridgehead atoms. The zero-order valence-corrected chi connectivity index (χ0v) is 13.3. The molecule has 0 radical (unpaired) electrons. The van der Waals surface area contributed by atoms with E-state index >= 15 is 0 Å². The van der Waals surface area contributed by atoms with Crippen LogP contribution in [0.3, 0.4) is 0 Å². The molecule has 1 aromatic rings. The number of ether oxygens (including phenoxy) is 2. The monoisotopic (exact) mass is 297 g/mol. The number of nitrogens with one attached hydrogen (secondary N) is 1. The van der Waals surface area contributed by atoms with Crippen LogP contribution in [-0.2, 0) is 17.6 Å². The molecule has 20 heavy (non-hydrogen) atoms. The van der Waals surface area contributed by atoms with Crippen molar-refractivity contribution in [2.75, 3.05) is 26.4 Å². The second kappa shape index (κ2) is 6.79. The van der Waals surface area contributed by atoms with E-state index in [1.165, 1.54) is 5.56 Å². The van der Waals surface area contributed by atoms with Gasteiger partial charge in [0, 0.05) is 23.5 Å². The topological polar surface area (TPSA) is 30.5 Å². The average Bonchev–Trinajstić information content (AvgIpc) is 2.79. The second-order valence-electron chi connectivity index (χ2n) is 6.19. The fourth-order valence-corrected chi connectivity index (χ4v) is 2.58. The fourth-order valence-electron chi connectivity index (χ4n) is 2.31. The van der Waals surface area contributed by atoms with E-state index < -0.39 is 0 Å². The van der Waals surface area contributed by atoms with E-state index in [1.807, 2.05) is 12.1 Å². The second-order valence-corrected chi connectivity index (χ2v) is 6.63. The van der Waals surface area contributed by atoms with Gasteiger partial charge < -0.3 is 14.8 Å². The maximum atomic E-state index is 6.13. The van der Waals surface area contributed by atoms with Crippen molar-refractivity contribution in [3.8, 4) is 5.75 Å². The van der Waals surface area contributed by atoms with Crippen LogP contribution in [0, 0.1) is 0 Å². The van der Waals surface area contributed by atoms with Crippen LogP contribution in [0.2, 0.25) is 5.02 Å². The summed E-state index contributed by atoms with van der Waals surface area (Å²) in [7, 11) is 0. The maximum Gasteiger partial charge on any atom is 0.125 e. The first-order valence-corrected chi connectivity index (χ1v) is 7.60. The molecule has 1 aliphatic heterocycles. The number of hydrogen-bond acceptors (Lipinski definition) is 3. The number of hydrogen-bond donors (Lipinski definition) is 1. The van der Waals surface area contributed by atoms with E-state index in [0.717, 1.165) is 48.9 Å². The Bertz CT molecular complexity index is 455. The summed E-state index contributed by atoms with van der Waals surface area (Å²) in [6, 6.07) is 3.99. The van der Waals surface area contributed by atoms with Crippen LogP contribution >= 0.6 is 11.6 Å². The molecule has 0 spiro atoms. The van der Waals surface area contributed by atoms with Crippen molar-refractivity contribution in [2.45, 2.75) is 39.2 Å². The van der Waals surface area contributed by atoms with Crippen molar-refractivity contribution >= 4 is 11.6 Å². The number of benzene rings is 1. The van der Waals surface area contributed by atoms with Crippen molar-refractivity contribution < 1.29 is 9.47 Å². The van der Waals surface area contributed by atoms with Gasteiger partial charge in [0.25, 0.3) is 0 Å². The summed E-state index contributed by atoms with van der Waals surface area (Å²) in [5.41, 5.74) is 2.53. The van der Waals surface area contributed by atoms with Gasteiger partial charge in [0.15, 0.2) is 0 Å². The lowest BCUT2D eigenvalue weighted by molar-refractivity contribution is 0.133. The van der Waals surface area contributed by atoms with Gasteiger partial charge in [-0.25, -0.2) is 0 Å². The summed E-state index contributed by atoms with van der Waals surface area (Å²) in [5.74, 6) is 1.02. The fraction of sp³-hybridized carbons (Fsp3) is 0.625. The molecule has 112 valence electrons. The van der Waals surface area contributed by atoms with Gasteiger partial charge in [-0.05, 0) is 50.5 Å². The van der Waals surface area contributed by atoms with Crippen LogP contribution in [-0.4, -0.2) is 31.9 Å². The number of halogens is 1. The third-order valence-electron chi connectivity index (χ3n) is 3.24.